The van der Waals surface area contributed by atoms with Gasteiger partial charge in [-0.15, -0.1) is 0 Å². The lowest BCUT2D eigenvalue weighted by Crippen LogP contribution is -2.18. The zero-order chi connectivity index (χ0) is 11.4. The highest BCUT2D eigenvalue weighted by Crippen LogP contribution is 2.31. The van der Waals surface area contributed by atoms with Crippen molar-refractivity contribution in [2.24, 2.45) is 0 Å². The highest BCUT2D eigenvalue weighted by atomic mass is 35.5. The summed E-state index contributed by atoms with van der Waals surface area (Å²) in [6.07, 6.45) is -0.988. The molecule has 0 heterocycles. The molecule has 0 aliphatic rings. The fourth-order valence-corrected chi connectivity index (χ4v) is 1.58. The van der Waals surface area contributed by atoms with Crippen molar-refractivity contribution >= 4 is 11.6 Å². The second-order valence-corrected chi connectivity index (χ2v) is 3.46. The van der Waals surface area contributed by atoms with Crippen LogP contribution in [0.3, 0.4) is 0 Å². The van der Waals surface area contributed by atoms with E-state index in [1.165, 1.54) is 19.2 Å². The van der Waals surface area contributed by atoms with Crippen molar-refractivity contribution in [3.63, 3.8) is 0 Å². The number of aliphatic hydroxyl groups is 1. The molecule has 0 saturated heterocycles. The predicted octanol–water partition coefficient (Wildman–Crippen LogP) is 1.74. The summed E-state index contributed by atoms with van der Waals surface area (Å²) in [6.45, 7) is 0.226. The molecule has 0 radical (unpaired) electrons. The van der Waals surface area contributed by atoms with Crippen LogP contribution in [0.15, 0.2) is 12.1 Å². The molecule has 0 spiro atoms. The van der Waals surface area contributed by atoms with Gasteiger partial charge < -0.3 is 15.2 Å². The minimum atomic E-state index is -0.988. The Bertz CT molecular complexity index is 346. The number of benzene rings is 1. The van der Waals surface area contributed by atoms with Crippen LogP contribution in [0, 0.1) is 5.82 Å². The monoisotopic (exact) mass is 233 g/mol. The molecule has 2 N–H and O–H groups in total. The fraction of sp³-hybridized carbons (Fsp3) is 0.400. The fourth-order valence-electron chi connectivity index (χ4n) is 1.31. The van der Waals surface area contributed by atoms with Gasteiger partial charge in [-0.25, -0.2) is 4.39 Å². The maximum absolute atomic E-state index is 13.7. The van der Waals surface area contributed by atoms with Crippen molar-refractivity contribution in [3.8, 4) is 5.75 Å². The van der Waals surface area contributed by atoms with E-state index in [9.17, 15) is 9.50 Å². The second kappa shape index (κ2) is 5.30. The molecule has 1 rings (SSSR count). The summed E-state index contributed by atoms with van der Waals surface area (Å²) in [7, 11) is 3.02. The van der Waals surface area contributed by atoms with E-state index in [4.69, 9.17) is 16.3 Å². The second-order valence-electron chi connectivity index (χ2n) is 3.05. The molecule has 1 aromatic carbocycles. The maximum atomic E-state index is 13.7. The Kier molecular flexibility index (Phi) is 4.32. The molecule has 0 bridgehead atoms. The van der Waals surface area contributed by atoms with Crippen LogP contribution >= 0.6 is 11.6 Å². The van der Waals surface area contributed by atoms with Crippen molar-refractivity contribution in [2.75, 3.05) is 20.7 Å². The van der Waals surface area contributed by atoms with Crippen LogP contribution < -0.4 is 10.1 Å². The third-order valence-corrected chi connectivity index (χ3v) is 2.37. The van der Waals surface area contributed by atoms with Gasteiger partial charge in [0.2, 0.25) is 0 Å². The first-order valence-electron chi connectivity index (χ1n) is 4.46. The van der Waals surface area contributed by atoms with Gasteiger partial charge in [-0.1, -0.05) is 11.6 Å². The smallest absolute Gasteiger partial charge is 0.172 e. The number of ether oxygens (including phenoxy) is 1. The van der Waals surface area contributed by atoms with E-state index in [2.05, 4.69) is 5.32 Å². The Labute approximate surface area is 92.8 Å². The number of nitrogens with one attached hydrogen (secondary N) is 1. The average molecular weight is 234 g/mol. The zero-order valence-electron chi connectivity index (χ0n) is 8.55. The van der Waals surface area contributed by atoms with Crippen molar-refractivity contribution < 1.29 is 14.2 Å². The Morgan fingerprint density at radius 3 is 2.80 bits per heavy atom. The van der Waals surface area contributed by atoms with E-state index in [1.54, 1.807) is 7.05 Å². The van der Waals surface area contributed by atoms with Crippen molar-refractivity contribution in [1.82, 2.24) is 5.32 Å². The van der Waals surface area contributed by atoms with E-state index in [-0.39, 0.29) is 22.9 Å². The van der Waals surface area contributed by atoms with Crippen LogP contribution in [-0.4, -0.2) is 25.8 Å². The molecule has 0 amide bonds. The normalized spacial score (nSPS) is 12.6. The van der Waals surface area contributed by atoms with E-state index in [0.29, 0.717) is 0 Å². The van der Waals surface area contributed by atoms with Crippen molar-refractivity contribution in [1.29, 1.82) is 0 Å². The summed E-state index contributed by atoms with van der Waals surface area (Å²) in [6, 6.07) is 2.92. The van der Waals surface area contributed by atoms with Gasteiger partial charge >= 0.3 is 0 Å². The molecular formula is C10H13ClFNO2. The molecule has 0 fully saturated rings. The molecule has 1 aromatic rings. The Balaban J connectivity index is 3.14. The topological polar surface area (TPSA) is 41.5 Å². The van der Waals surface area contributed by atoms with E-state index in [0.717, 1.165) is 0 Å². The highest BCUT2D eigenvalue weighted by molar-refractivity contribution is 6.31. The van der Waals surface area contributed by atoms with Gasteiger partial charge in [0.15, 0.2) is 11.6 Å². The lowest BCUT2D eigenvalue weighted by atomic mass is 10.1. The SMILES string of the molecule is CNCC(O)c1c(Cl)ccc(OC)c1F. The molecular weight excluding hydrogens is 221 g/mol. The number of methoxy groups -OCH3 is 1. The first-order chi connectivity index (χ1) is 7.11. The minimum absolute atomic E-state index is 0.0605. The number of likely N-dealkylation sites (N-methyl/N-ethyl adjacent to an activating group) is 1. The Morgan fingerprint density at radius 2 is 2.27 bits per heavy atom. The number of rotatable bonds is 4. The average Bonchev–Trinajstić information content (AvgIpc) is 2.18. The highest BCUT2D eigenvalue weighted by Gasteiger charge is 2.19. The molecule has 0 aliphatic carbocycles. The van der Waals surface area contributed by atoms with Crippen LogP contribution in [0.4, 0.5) is 4.39 Å². The number of hydrogen-bond donors (Lipinski definition) is 2. The molecule has 84 valence electrons. The molecule has 5 heteroatoms. The lowest BCUT2D eigenvalue weighted by Gasteiger charge is -2.14. The van der Waals surface area contributed by atoms with Crippen LogP contribution in [0.1, 0.15) is 11.7 Å². The van der Waals surface area contributed by atoms with Crippen molar-refractivity contribution in [2.45, 2.75) is 6.10 Å². The van der Waals surface area contributed by atoms with Gasteiger partial charge in [-0.05, 0) is 19.2 Å². The summed E-state index contributed by atoms with van der Waals surface area (Å²) in [5.41, 5.74) is 0.0605. The molecule has 1 unspecified atom stereocenters. The lowest BCUT2D eigenvalue weighted by molar-refractivity contribution is 0.172. The van der Waals surface area contributed by atoms with Gasteiger partial charge in [-0.3, -0.25) is 0 Å². The largest absolute Gasteiger partial charge is 0.494 e. The Hall–Kier alpha value is -0.840. The first-order valence-corrected chi connectivity index (χ1v) is 4.84. The summed E-state index contributed by atoms with van der Waals surface area (Å²) >= 11 is 5.81. The van der Waals surface area contributed by atoms with Crippen LogP contribution in [0.25, 0.3) is 0 Å². The standard InChI is InChI=1S/C10H13ClFNO2/c1-13-5-7(14)9-6(11)3-4-8(15-2)10(9)12/h3-4,7,13-14H,5H2,1-2H3. The summed E-state index contributed by atoms with van der Waals surface area (Å²) in [5.74, 6) is -0.544. The molecule has 1 atom stereocenters. The molecule has 0 aromatic heterocycles. The minimum Gasteiger partial charge on any atom is -0.494 e. The van der Waals surface area contributed by atoms with E-state index >= 15 is 0 Å². The zero-order valence-corrected chi connectivity index (χ0v) is 9.31. The van der Waals surface area contributed by atoms with Gasteiger partial charge in [0, 0.05) is 17.1 Å². The predicted molar refractivity (Wildman–Crippen MR) is 56.8 cm³/mol. The van der Waals surface area contributed by atoms with Gasteiger partial charge in [0.25, 0.3) is 0 Å². The third-order valence-electron chi connectivity index (χ3n) is 2.04. The van der Waals surface area contributed by atoms with Crippen LogP contribution in [0.5, 0.6) is 5.75 Å². The number of halogens is 2. The third kappa shape index (κ3) is 2.59. The summed E-state index contributed by atoms with van der Waals surface area (Å²) < 4.78 is 18.5. The number of aliphatic hydroxyl groups excluding tert-OH is 1. The quantitative estimate of drug-likeness (QED) is 0.833. The van der Waals surface area contributed by atoms with E-state index in [1.807, 2.05) is 0 Å². The molecule has 15 heavy (non-hydrogen) atoms. The van der Waals surface area contributed by atoms with Crippen LogP contribution in [-0.2, 0) is 0 Å². The van der Waals surface area contributed by atoms with Gasteiger partial charge in [0.05, 0.1) is 13.2 Å². The van der Waals surface area contributed by atoms with Crippen LogP contribution in [0.2, 0.25) is 5.02 Å². The Morgan fingerprint density at radius 1 is 1.60 bits per heavy atom. The molecule has 0 saturated carbocycles. The van der Waals surface area contributed by atoms with Gasteiger partial charge in [-0.2, -0.15) is 0 Å². The summed E-state index contributed by atoms with van der Waals surface area (Å²) in [4.78, 5) is 0. The molecule has 3 nitrogen and oxygen atoms in total. The summed E-state index contributed by atoms with van der Waals surface area (Å²) in [5, 5.41) is 12.6. The first kappa shape index (κ1) is 12.2. The van der Waals surface area contributed by atoms with E-state index < -0.39 is 11.9 Å². The van der Waals surface area contributed by atoms with Crippen molar-refractivity contribution in [3.05, 3.63) is 28.5 Å². The van der Waals surface area contributed by atoms with Gasteiger partial charge in [0.1, 0.15) is 0 Å². The molecule has 0 aliphatic heterocycles. The number of hydrogen-bond acceptors (Lipinski definition) is 3. The maximum Gasteiger partial charge on any atom is 0.172 e.